The zero-order valence-electron chi connectivity index (χ0n) is 35.7. The molecule has 0 saturated heterocycles. The van der Waals surface area contributed by atoms with E-state index in [4.69, 9.17) is 11.3 Å². The molecule has 0 bridgehead atoms. The minimum absolute atomic E-state index is 0.136. The second kappa shape index (κ2) is 13.6. The molecule has 0 atom stereocenters. The number of benzene rings is 9. The van der Waals surface area contributed by atoms with Crippen LogP contribution in [0.5, 0.6) is 0 Å². The highest BCUT2D eigenvalue weighted by molar-refractivity contribution is 6.10. The van der Waals surface area contributed by atoms with Crippen molar-refractivity contribution >= 4 is 60.8 Å². The molecule has 0 amide bonds. The molecule has 9 aromatic carbocycles. The number of furan rings is 1. The highest BCUT2D eigenvalue weighted by Crippen LogP contribution is 2.40. The van der Waals surface area contributed by atoms with Gasteiger partial charge >= 0.3 is 0 Å². The van der Waals surface area contributed by atoms with Gasteiger partial charge in [-0.15, -0.1) is 0 Å². The maximum Gasteiger partial charge on any atom is 0.135 e. The lowest BCUT2D eigenvalue weighted by atomic mass is 10.0. The zero-order valence-corrected chi connectivity index (χ0v) is 30.7. The first-order chi connectivity index (χ1) is 30.3. The van der Waals surface area contributed by atoms with Crippen molar-refractivity contribution in [3.63, 3.8) is 0 Å². The number of nitrogens with zero attached hydrogens (tertiary/aromatic N) is 2. The molecule has 268 valence electrons. The molecule has 0 aliphatic carbocycles. The summed E-state index contributed by atoms with van der Waals surface area (Å²) in [6.45, 7) is 0. The average Bonchev–Trinajstić information content (AvgIpc) is 3.86. The van der Waals surface area contributed by atoms with Gasteiger partial charge in [-0.2, -0.15) is 0 Å². The molecule has 0 unspecified atom stereocenters. The van der Waals surface area contributed by atoms with Gasteiger partial charge in [0, 0.05) is 44.3 Å². The molecule has 3 heteroatoms. The van der Waals surface area contributed by atoms with Gasteiger partial charge < -0.3 is 13.9 Å². The van der Waals surface area contributed by atoms with Crippen LogP contribution in [0.2, 0.25) is 0 Å². The Bertz CT molecular complexity index is 3480. The van der Waals surface area contributed by atoms with E-state index in [1.807, 2.05) is 60.7 Å². The summed E-state index contributed by atoms with van der Waals surface area (Å²) < 4.78 is 50.3. The molecule has 11 rings (SSSR count). The summed E-state index contributed by atoms with van der Waals surface area (Å²) in [6, 6.07) is 63.2. The van der Waals surface area contributed by atoms with Crippen molar-refractivity contribution in [3.8, 4) is 39.1 Å². The predicted molar refractivity (Wildman–Crippen MR) is 239 cm³/mol. The highest BCUT2D eigenvalue weighted by Gasteiger charge is 2.16. The molecule has 0 aliphatic heterocycles. The predicted octanol–water partition coefficient (Wildman–Crippen LogP) is 15.2. The largest absolute Gasteiger partial charge is 0.456 e. The Balaban J connectivity index is 0.979. The van der Waals surface area contributed by atoms with Crippen molar-refractivity contribution in [3.05, 3.63) is 218 Å². The summed E-state index contributed by atoms with van der Waals surface area (Å²) in [5, 5.41) is 4.06. The lowest BCUT2D eigenvalue weighted by molar-refractivity contribution is 0.669. The van der Waals surface area contributed by atoms with Gasteiger partial charge in [0.25, 0.3) is 0 Å². The van der Waals surface area contributed by atoms with Gasteiger partial charge in [-0.25, -0.2) is 0 Å². The van der Waals surface area contributed by atoms with Crippen molar-refractivity contribution in [2.75, 3.05) is 4.90 Å². The minimum Gasteiger partial charge on any atom is -0.456 e. The number of hydrogen-bond acceptors (Lipinski definition) is 2. The topological polar surface area (TPSA) is 21.3 Å². The molecule has 2 heterocycles. The Kier molecular flexibility index (Phi) is 6.65. The third kappa shape index (κ3) is 5.76. The summed E-state index contributed by atoms with van der Waals surface area (Å²) in [6.07, 6.45) is 0. The van der Waals surface area contributed by atoms with Crippen molar-refractivity contribution in [2.45, 2.75) is 0 Å². The molecule has 0 radical (unpaired) electrons. The summed E-state index contributed by atoms with van der Waals surface area (Å²) in [5.41, 5.74) is 13.0. The van der Waals surface area contributed by atoms with Crippen LogP contribution in [0.1, 0.15) is 6.85 Å². The zero-order chi connectivity index (χ0) is 42.1. The molecule has 57 heavy (non-hydrogen) atoms. The number of rotatable bonds is 7. The summed E-state index contributed by atoms with van der Waals surface area (Å²) in [5.74, 6) is 0. The molecule has 0 spiro atoms. The highest BCUT2D eigenvalue weighted by atomic mass is 16.3. The summed E-state index contributed by atoms with van der Waals surface area (Å²) >= 11 is 0. The lowest BCUT2D eigenvalue weighted by Crippen LogP contribution is -2.09. The van der Waals surface area contributed by atoms with E-state index >= 15 is 0 Å². The van der Waals surface area contributed by atoms with E-state index in [1.165, 1.54) is 0 Å². The van der Waals surface area contributed by atoms with Crippen molar-refractivity contribution < 1.29 is 11.3 Å². The Labute approximate surface area is 337 Å². The Hall–Kier alpha value is -7.62. The quantitative estimate of drug-likeness (QED) is 0.163. The normalized spacial score (nSPS) is 12.7. The van der Waals surface area contributed by atoms with Gasteiger partial charge in [0.2, 0.25) is 0 Å². The smallest absolute Gasteiger partial charge is 0.135 e. The maximum absolute atomic E-state index is 8.76. The van der Waals surface area contributed by atoms with Gasteiger partial charge in [-0.1, -0.05) is 133 Å². The second-order valence-corrected chi connectivity index (χ2v) is 14.2. The minimum atomic E-state index is -0.410. The number of hydrogen-bond donors (Lipinski definition) is 0. The van der Waals surface area contributed by atoms with E-state index in [1.54, 1.807) is 4.57 Å². The van der Waals surface area contributed by atoms with Gasteiger partial charge in [0.15, 0.2) is 0 Å². The van der Waals surface area contributed by atoms with Crippen LogP contribution in [0, 0.1) is 0 Å². The van der Waals surface area contributed by atoms with E-state index < -0.39 is 6.04 Å². The fourth-order valence-electron chi connectivity index (χ4n) is 8.14. The monoisotopic (exact) mass is 733 g/mol. The SMILES string of the molecule is [2H]c1c([2H])c([2H])c(-n2c3ccccc3c3cc(-c4ccc(N(c5ccc(-c6ccccc6)cc5)c5ccc(-c6ccc7oc8ccccc8c7c6)cc5)cc4)ccc32)c([2H])c1[2H]. The number of fused-ring (bicyclic) bond motifs is 6. The second-order valence-electron chi connectivity index (χ2n) is 14.2. The summed E-state index contributed by atoms with van der Waals surface area (Å²) in [4.78, 5) is 2.27. The van der Waals surface area contributed by atoms with E-state index in [2.05, 4.69) is 132 Å². The van der Waals surface area contributed by atoms with Crippen molar-refractivity contribution in [1.29, 1.82) is 0 Å². The average molecular weight is 734 g/mol. The van der Waals surface area contributed by atoms with Crippen LogP contribution in [0.3, 0.4) is 0 Å². The molecule has 0 aliphatic rings. The molecule has 0 fully saturated rings. The molecule has 2 aromatic heterocycles. The lowest BCUT2D eigenvalue weighted by Gasteiger charge is -2.26. The molecule has 0 N–H and O–H groups in total. The molecular formula is C54H36N2O. The van der Waals surface area contributed by atoms with E-state index in [0.29, 0.717) is 0 Å². The first-order valence-electron chi connectivity index (χ1n) is 21.5. The van der Waals surface area contributed by atoms with Gasteiger partial charge in [0.1, 0.15) is 11.2 Å². The van der Waals surface area contributed by atoms with E-state index in [-0.39, 0.29) is 29.9 Å². The van der Waals surface area contributed by atoms with Gasteiger partial charge in [-0.3, -0.25) is 0 Å². The Morgan fingerprint density at radius 1 is 0.368 bits per heavy atom. The first-order valence-corrected chi connectivity index (χ1v) is 19.0. The fourth-order valence-corrected chi connectivity index (χ4v) is 8.14. The third-order valence-electron chi connectivity index (χ3n) is 10.9. The van der Waals surface area contributed by atoms with E-state index in [9.17, 15) is 0 Å². The molecule has 3 nitrogen and oxygen atoms in total. The first kappa shape index (κ1) is 27.9. The number of aromatic nitrogens is 1. The van der Waals surface area contributed by atoms with Crippen molar-refractivity contribution in [1.82, 2.24) is 4.57 Å². The standard InChI is InChI=1S/C54H36N2O/c1-3-11-37(12-4-1)38-19-27-44(28-20-38)55(46-31-23-40(24-32-46)42-26-34-54-50(36-42)48-16-8-10-18-53(48)57-54)45-29-21-39(22-30-45)41-25-33-52-49(35-41)47-15-7-9-17-51(47)56(52)43-13-5-2-6-14-43/h1-36H/i2D,5D,6D,13D,14D. The fraction of sp³-hybridized carbons (Fsp3) is 0. The van der Waals surface area contributed by atoms with E-state index in [0.717, 1.165) is 94.2 Å². The number of para-hydroxylation sites is 3. The Morgan fingerprint density at radius 2 is 0.842 bits per heavy atom. The van der Waals surface area contributed by atoms with Crippen LogP contribution in [0.15, 0.2) is 223 Å². The molecular weight excluding hydrogens is 693 g/mol. The molecule has 0 saturated carbocycles. The van der Waals surface area contributed by atoms with Crippen LogP contribution in [-0.4, -0.2) is 4.57 Å². The van der Waals surface area contributed by atoms with Crippen LogP contribution in [-0.2, 0) is 0 Å². The third-order valence-corrected chi connectivity index (χ3v) is 10.9. The van der Waals surface area contributed by atoms with Crippen LogP contribution < -0.4 is 4.90 Å². The molecule has 11 aromatic rings. The van der Waals surface area contributed by atoms with Crippen LogP contribution in [0.4, 0.5) is 17.1 Å². The summed E-state index contributed by atoms with van der Waals surface area (Å²) in [7, 11) is 0. The Morgan fingerprint density at radius 3 is 1.51 bits per heavy atom. The van der Waals surface area contributed by atoms with Crippen LogP contribution in [0.25, 0.3) is 82.8 Å². The van der Waals surface area contributed by atoms with Gasteiger partial charge in [0.05, 0.1) is 17.9 Å². The van der Waals surface area contributed by atoms with Crippen LogP contribution >= 0.6 is 0 Å². The van der Waals surface area contributed by atoms with Gasteiger partial charge in [-0.05, 0) is 118 Å². The van der Waals surface area contributed by atoms with Crippen molar-refractivity contribution in [2.24, 2.45) is 0 Å². The maximum atomic E-state index is 8.76. The number of anilines is 3.